The molecule has 0 saturated heterocycles. The average molecular weight is 434 g/mol. The highest BCUT2D eigenvalue weighted by atomic mass is 35.5. The number of hydrogen-bond donors (Lipinski definition) is 2. The third kappa shape index (κ3) is 5.67. The predicted octanol–water partition coefficient (Wildman–Crippen LogP) is 3.89. The Morgan fingerprint density at radius 2 is 2.17 bits per heavy atom. The van der Waals surface area contributed by atoms with Crippen LogP contribution in [0.3, 0.4) is 0 Å². The number of aromatic nitrogens is 2. The molecule has 1 aromatic heterocycles. The molecule has 0 spiro atoms. The third-order valence-electron chi connectivity index (χ3n) is 5.12. The van der Waals surface area contributed by atoms with Crippen molar-refractivity contribution in [3.05, 3.63) is 57.9 Å². The SMILES string of the molecule is CCNC[C@@H](NC(=O)N1CCc2cnc(CC(C)C)nc2C1)c1ccc(F)c(Cl)c1. The van der Waals surface area contributed by atoms with E-state index in [2.05, 4.69) is 29.5 Å². The van der Waals surface area contributed by atoms with Gasteiger partial charge in [-0.3, -0.25) is 0 Å². The van der Waals surface area contributed by atoms with Crippen molar-refractivity contribution >= 4 is 17.6 Å². The summed E-state index contributed by atoms with van der Waals surface area (Å²) in [6, 6.07) is 4.05. The molecule has 0 aliphatic carbocycles. The van der Waals surface area contributed by atoms with Gasteiger partial charge in [0.15, 0.2) is 0 Å². The molecule has 0 bridgehead atoms. The third-order valence-corrected chi connectivity index (χ3v) is 5.41. The Morgan fingerprint density at radius 1 is 1.37 bits per heavy atom. The van der Waals surface area contributed by atoms with Crippen LogP contribution in [0.1, 0.15) is 49.5 Å². The van der Waals surface area contributed by atoms with E-state index in [0.717, 1.165) is 42.0 Å². The van der Waals surface area contributed by atoms with Crippen LogP contribution in [0, 0.1) is 11.7 Å². The minimum Gasteiger partial charge on any atom is -0.330 e. The maximum Gasteiger partial charge on any atom is 0.318 e. The molecule has 0 unspecified atom stereocenters. The van der Waals surface area contributed by atoms with Crippen LogP contribution in [-0.4, -0.2) is 40.5 Å². The fraction of sp³-hybridized carbons (Fsp3) is 0.500. The maximum atomic E-state index is 13.6. The quantitative estimate of drug-likeness (QED) is 0.695. The second-order valence-corrected chi connectivity index (χ2v) is 8.42. The molecule has 30 heavy (non-hydrogen) atoms. The molecule has 1 aliphatic rings. The number of carbonyl (C=O) groups is 1. The van der Waals surface area contributed by atoms with Crippen LogP contribution in [0.2, 0.25) is 5.02 Å². The lowest BCUT2D eigenvalue weighted by atomic mass is 10.1. The van der Waals surface area contributed by atoms with E-state index in [1.165, 1.54) is 6.07 Å². The van der Waals surface area contributed by atoms with Gasteiger partial charge in [-0.25, -0.2) is 19.2 Å². The van der Waals surface area contributed by atoms with Crippen LogP contribution >= 0.6 is 11.6 Å². The zero-order chi connectivity index (χ0) is 21.7. The lowest BCUT2D eigenvalue weighted by molar-refractivity contribution is 0.187. The topological polar surface area (TPSA) is 70.2 Å². The highest BCUT2D eigenvalue weighted by Gasteiger charge is 2.25. The Bertz CT molecular complexity index is 892. The Hall–Kier alpha value is -2.25. The van der Waals surface area contributed by atoms with E-state index in [4.69, 9.17) is 16.6 Å². The van der Waals surface area contributed by atoms with Crippen molar-refractivity contribution in [3.63, 3.8) is 0 Å². The largest absolute Gasteiger partial charge is 0.330 e. The van der Waals surface area contributed by atoms with Crippen LogP contribution in [-0.2, 0) is 19.4 Å². The molecule has 6 nitrogen and oxygen atoms in total. The zero-order valence-electron chi connectivity index (χ0n) is 17.7. The van der Waals surface area contributed by atoms with Crippen LogP contribution in [0.25, 0.3) is 0 Å². The Labute approximate surface area is 182 Å². The summed E-state index contributed by atoms with van der Waals surface area (Å²) in [6.07, 6.45) is 3.43. The normalized spacial score (nSPS) is 14.5. The number of nitrogens with one attached hydrogen (secondary N) is 2. The van der Waals surface area contributed by atoms with Crippen molar-refractivity contribution in [1.82, 2.24) is 25.5 Å². The fourth-order valence-electron chi connectivity index (χ4n) is 3.49. The number of benzene rings is 1. The minimum absolute atomic E-state index is 0.0459. The van der Waals surface area contributed by atoms with Gasteiger partial charge in [-0.15, -0.1) is 0 Å². The number of likely N-dealkylation sites (N-methyl/N-ethyl adjacent to an activating group) is 1. The van der Waals surface area contributed by atoms with E-state index in [1.54, 1.807) is 17.0 Å². The number of urea groups is 1. The van der Waals surface area contributed by atoms with E-state index < -0.39 is 5.82 Å². The molecular weight excluding hydrogens is 405 g/mol. The summed E-state index contributed by atoms with van der Waals surface area (Å²) in [6.45, 7) is 8.59. The number of carbonyl (C=O) groups excluding carboxylic acids is 1. The van der Waals surface area contributed by atoms with Gasteiger partial charge in [-0.2, -0.15) is 0 Å². The van der Waals surface area contributed by atoms with Crippen LogP contribution in [0.15, 0.2) is 24.4 Å². The van der Waals surface area contributed by atoms with Crippen LogP contribution in [0.5, 0.6) is 0 Å². The first-order valence-corrected chi connectivity index (χ1v) is 10.8. The van der Waals surface area contributed by atoms with Gasteiger partial charge in [-0.05, 0) is 42.1 Å². The predicted molar refractivity (Wildman–Crippen MR) is 116 cm³/mol. The molecule has 1 aliphatic heterocycles. The van der Waals surface area contributed by atoms with Gasteiger partial charge in [-0.1, -0.05) is 38.4 Å². The molecule has 0 fully saturated rings. The van der Waals surface area contributed by atoms with Crippen molar-refractivity contribution in [3.8, 4) is 0 Å². The minimum atomic E-state index is -0.474. The first-order chi connectivity index (χ1) is 14.4. The van der Waals surface area contributed by atoms with Crippen molar-refractivity contribution in [1.29, 1.82) is 0 Å². The fourth-order valence-corrected chi connectivity index (χ4v) is 3.68. The number of fused-ring (bicyclic) bond motifs is 1. The molecular formula is C22H29ClFN5O. The van der Waals surface area contributed by atoms with Gasteiger partial charge in [0, 0.05) is 25.7 Å². The van der Waals surface area contributed by atoms with Crippen molar-refractivity contribution in [2.45, 2.75) is 46.2 Å². The van der Waals surface area contributed by atoms with Gasteiger partial charge in [0.2, 0.25) is 0 Å². The van der Waals surface area contributed by atoms with Crippen LogP contribution in [0.4, 0.5) is 9.18 Å². The highest BCUT2D eigenvalue weighted by Crippen LogP contribution is 2.22. The van der Waals surface area contributed by atoms with Gasteiger partial charge in [0.1, 0.15) is 11.6 Å². The lowest BCUT2D eigenvalue weighted by Gasteiger charge is -2.30. The first kappa shape index (κ1) is 22.4. The second-order valence-electron chi connectivity index (χ2n) is 8.01. The van der Waals surface area contributed by atoms with E-state index in [-0.39, 0.29) is 17.1 Å². The zero-order valence-corrected chi connectivity index (χ0v) is 18.5. The highest BCUT2D eigenvalue weighted by molar-refractivity contribution is 6.30. The van der Waals surface area contributed by atoms with Gasteiger partial charge in [0.05, 0.1) is 23.3 Å². The molecule has 0 radical (unpaired) electrons. The number of nitrogens with zero attached hydrogens (tertiary/aromatic N) is 3. The summed E-state index contributed by atoms with van der Waals surface area (Å²) in [5, 5.41) is 6.35. The molecule has 3 rings (SSSR count). The summed E-state index contributed by atoms with van der Waals surface area (Å²) in [5.74, 6) is 0.816. The molecule has 1 atom stereocenters. The average Bonchev–Trinajstić information content (AvgIpc) is 2.72. The molecule has 2 amide bonds. The van der Waals surface area contributed by atoms with E-state index >= 15 is 0 Å². The molecule has 8 heteroatoms. The maximum absolute atomic E-state index is 13.6. The van der Waals surface area contributed by atoms with E-state index in [1.807, 2.05) is 13.1 Å². The smallest absolute Gasteiger partial charge is 0.318 e. The van der Waals surface area contributed by atoms with Crippen LogP contribution < -0.4 is 10.6 Å². The number of halogens is 2. The van der Waals surface area contributed by atoms with Crippen molar-refractivity contribution in [2.24, 2.45) is 5.92 Å². The van der Waals surface area contributed by atoms with Gasteiger partial charge >= 0.3 is 6.03 Å². The summed E-state index contributed by atoms with van der Waals surface area (Å²) >= 11 is 5.95. The van der Waals surface area contributed by atoms with Crippen molar-refractivity contribution in [2.75, 3.05) is 19.6 Å². The summed E-state index contributed by atoms with van der Waals surface area (Å²) < 4.78 is 13.6. The Kier molecular flexibility index (Phi) is 7.61. The van der Waals surface area contributed by atoms with E-state index in [9.17, 15) is 9.18 Å². The molecule has 162 valence electrons. The monoisotopic (exact) mass is 433 g/mol. The molecule has 2 heterocycles. The standard InChI is InChI=1S/C22H29ClFN5O/c1-4-25-12-19(15-5-6-18(24)17(23)10-15)28-22(30)29-8-7-16-11-26-21(9-14(2)3)27-20(16)13-29/h5-6,10-11,14,19,25H,4,7-9,12-13H2,1-3H3,(H,28,30)/t19-/m1/s1. The van der Waals surface area contributed by atoms with Crippen molar-refractivity contribution < 1.29 is 9.18 Å². The van der Waals surface area contributed by atoms with E-state index in [0.29, 0.717) is 25.6 Å². The summed E-state index contributed by atoms with van der Waals surface area (Å²) in [4.78, 5) is 23.9. The summed E-state index contributed by atoms with van der Waals surface area (Å²) in [7, 11) is 0. The first-order valence-electron chi connectivity index (χ1n) is 10.4. The number of hydrogen-bond acceptors (Lipinski definition) is 4. The van der Waals surface area contributed by atoms with Gasteiger partial charge < -0.3 is 15.5 Å². The molecule has 2 N–H and O–H groups in total. The molecule has 0 saturated carbocycles. The molecule has 1 aromatic carbocycles. The Balaban J connectivity index is 1.72. The molecule has 2 aromatic rings. The summed E-state index contributed by atoms with van der Waals surface area (Å²) in [5.41, 5.74) is 2.77. The Morgan fingerprint density at radius 3 is 2.87 bits per heavy atom. The van der Waals surface area contributed by atoms with Gasteiger partial charge in [0.25, 0.3) is 0 Å². The second kappa shape index (κ2) is 10.2. The number of rotatable bonds is 7. The number of amides is 2. The lowest BCUT2D eigenvalue weighted by Crippen LogP contribution is -2.46.